The minimum Gasteiger partial charge on any atom is -0.489 e. The zero-order valence-electron chi connectivity index (χ0n) is 11.8. The summed E-state index contributed by atoms with van der Waals surface area (Å²) in [5.41, 5.74) is 2.09. The van der Waals surface area contributed by atoms with E-state index >= 15 is 0 Å². The van der Waals surface area contributed by atoms with Gasteiger partial charge < -0.3 is 14.8 Å². The number of hydrogen-bond donors (Lipinski definition) is 1. The zero-order valence-corrected chi connectivity index (χ0v) is 11.8. The van der Waals surface area contributed by atoms with Crippen LogP contribution in [-0.4, -0.2) is 12.1 Å². The Morgan fingerprint density at radius 2 is 1.81 bits per heavy atom. The number of rotatable bonds is 4. The van der Waals surface area contributed by atoms with Crippen LogP contribution < -0.4 is 10.1 Å². The Balaban J connectivity index is 1.63. The summed E-state index contributed by atoms with van der Waals surface area (Å²) in [7, 11) is 0. The molecule has 2 aromatic rings. The lowest BCUT2D eigenvalue weighted by atomic mass is 10.0. The molecule has 1 saturated heterocycles. The van der Waals surface area contributed by atoms with Crippen LogP contribution in [0.1, 0.15) is 24.2 Å². The highest BCUT2D eigenvalue weighted by Crippen LogP contribution is 2.27. The lowest BCUT2D eigenvalue weighted by molar-refractivity contribution is 0.134. The summed E-state index contributed by atoms with van der Waals surface area (Å²) in [6, 6.07) is 17.7. The van der Waals surface area contributed by atoms with Crippen molar-refractivity contribution in [2.45, 2.75) is 25.7 Å². The molecule has 2 atom stereocenters. The first-order valence-corrected chi connectivity index (χ1v) is 6.96. The van der Waals surface area contributed by atoms with Crippen LogP contribution in [0.2, 0.25) is 0 Å². The summed E-state index contributed by atoms with van der Waals surface area (Å²) < 4.78 is 11.0. The van der Waals surface area contributed by atoms with Crippen LogP contribution in [0.25, 0.3) is 0 Å². The summed E-state index contributed by atoms with van der Waals surface area (Å²) in [4.78, 5) is 11.2. The number of nitrogens with one attached hydrogen (secondary N) is 1. The molecule has 1 aliphatic heterocycles. The van der Waals surface area contributed by atoms with E-state index in [1.54, 1.807) is 0 Å². The van der Waals surface area contributed by atoms with Gasteiger partial charge in [0.05, 0.1) is 6.04 Å². The zero-order chi connectivity index (χ0) is 14.7. The van der Waals surface area contributed by atoms with Crippen LogP contribution in [0.3, 0.4) is 0 Å². The normalized spacial score (nSPS) is 20.7. The monoisotopic (exact) mass is 283 g/mol. The number of benzene rings is 2. The van der Waals surface area contributed by atoms with Gasteiger partial charge in [-0.25, -0.2) is 4.79 Å². The van der Waals surface area contributed by atoms with Crippen LogP contribution in [0.4, 0.5) is 4.79 Å². The molecule has 4 heteroatoms. The Bertz CT molecular complexity index is 610. The number of ether oxygens (including phenoxy) is 2. The van der Waals surface area contributed by atoms with E-state index in [1.807, 2.05) is 61.5 Å². The van der Waals surface area contributed by atoms with Crippen LogP contribution in [0.15, 0.2) is 54.6 Å². The molecule has 0 bridgehead atoms. The van der Waals surface area contributed by atoms with Crippen molar-refractivity contribution in [1.82, 2.24) is 5.32 Å². The first-order chi connectivity index (χ1) is 10.2. The molecule has 0 radical (unpaired) electrons. The van der Waals surface area contributed by atoms with Crippen molar-refractivity contribution < 1.29 is 14.3 Å². The fourth-order valence-electron chi connectivity index (χ4n) is 2.36. The Labute approximate surface area is 123 Å². The Morgan fingerprint density at radius 1 is 1.10 bits per heavy atom. The molecule has 1 aliphatic rings. The second-order valence-corrected chi connectivity index (χ2v) is 5.10. The molecule has 1 heterocycles. The van der Waals surface area contributed by atoms with E-state index in [4.69, 9.17) is 9.47 Å². The highest BCUT2D eigenvalue weighted by Gasteiger charge is 2.31. The highest BCUT2D eigenvalue weighted by molar-refractivity contribution is 5.70. The molecule has 2 aromatic carbocycles. The Hall–Kier alpha value is -2.49. The van der Waals surface area contributed by atoms with Gasteiger partial charge in [-0.05, 0) is 30.2 Å². The van der Waals surface area contributed by atoms with Gasteiger partial charge in [0.2, 0.25) is 0 Å². The van der Waals surface area contributed by atoms with Crippen LogP contribution in [0, 0.1) is 0 Å². The lowest BCUT2D eigenvalue weighted by Gasteiger charge is -2.13. The third kappa shape index (κ3) is 3.16. The van der Waals surface area contributed by atoms with Gasteiger partial charge in [-0.3, -0.25) is 0 Å². The largest absolute Gasteiger partial charge is 0.489 e. The van der Waals surface area contributed by atoms with Crippen molar-refractivity contribution in [1.29, 1.82) is 0 Å². The van der Waals surface area contributed by atoms with Crippen molar-refractivity contribution in [2.75, 3.05) is 0 Å². The summed E-state index contributed by atoms with van der Waals surface area (Å²) in [5.74, 6) is 0.799. The molecule has 4 nitrogen and oxygen atoms in total. The number of amides is 1. The second kappa shape index (κ2) is 5.87. The average molecular weight is 283 g/mol. The smallest absolute Gasteiger partial charge is 0.408 e. The third-order valence-corrected chi connectivity index (χ3v) is 3.49. The summed E-state index contributed by atoms with van der Waals surface area (Å²) in [6.07, 6.45) is -0.599. The Kier molecular flexibility index (Phi) is 3.77. The molecule has 0 aliphatic carbocycles. The van der Waals surface area contributed by atoms with Crippen molar-refractivity contribution in [2.24, 2.45) is 0 Å². The number of alkyl carbamates (subject to hydrolysis) is 1. The Morgan fingerprint density at radius 3 is 2.43 bits per heavy atom. The van der Waals surface area contributed by atoms with E-state index in [1.165, 1.54) is 0 Å². The molecule has 1 N–H and O–H groups in total. The van der Waals surface area contributed by atoms with Gasteiger partial charge in [-0.2, -0.15) is 0 Å². The van der Waals surface area contributed by atoms with E-state index in [9.17, 15) is 4.79 Å². The quantitative estimate of drug-likeness (QED) is 0.935. The number of carbonyl (C=O) groups is 1. The summed E-state index contributed by atoms with van der Waals surface area (Å²) in [6.45, 7) is 2.46. The van der Waals surface area contributed by atoms with Gasteiger partial charge in [-0.1, -0.05) is 42.5 Å². The molecule has 1 amide bonds. The molecule has 0 spiro atoms. The standard InChI is InChI=1S/C17H17NO3/c1-12-16(21-17(19)18-12)14-7-9-15(10-8-14)20-11-13-5-3-2-4-6-13/h2-10,12,16H,11H2,1H3,(H,18,19). The van der Waals surface area contributed by atoms with E-state index in [2.05, 4.69) is 5.32 Å². The molecule has 0 saturated carbocycles. The van der Waals surface area contributed by atoms with Crippen LogP contribution >= 0.6 is 0 Å². The van der Waals surface area contributed by atoms with Gasteiger partial charge in [0.25, 0.3) is 0 Å². The third-order valence-electron chi connectivity index (χ3n) is 3.49. The number of carbonyl (C=O) groups excluding carboxylic acids is 1. The minimum absolute atomic E-state index is 0.0198. The van der Waals surface area contributed by atoms with E-state index < -0.39 is 0 Å². The van der Waals surface area contributed by atoms with Gasteiger partial charge >= 0.3 is 6.09 Å². The lowest BCUT2D eigenvalue weighted by Crippen LogP contribution is -2.23. The van der Waals surface area contributed by atoms with Gasteiger partial charge in [0.15, 0.2) is 0 Å². The maximum atomic E-state index is 11.2. The van der Waals surface area contributed by atoms with Crippen molar-refractivity contribution in [3.05, 3.63) is 65.7 Å². The average Bonchev–Trinajstić information content (AvgIpc) is 2.85. The van der Waals surface area contributed by atoms with Crippen LogP contribution in [0.5, 0.6) is 5.75 Å². The molecule has 2 unspecified atom stereocenters. The number of cyclic esters (lactones) is 1. The van der Waals surface area contributed by atoms with E-state index in [0.29, 0.717) is 6.61 Å². The van der Waals surface area contributed by atoms with Gasteiger partial charge in [-0.15, -0.1) is 0 Å². The molecule has 21 heavy (non-hydrogen) atoms. The molecular weight excluding hydrogens is 266 g/mol. The maximum Gasteiger partial charge on any atom is 0.408 e. The van der Waals surface area contributed by atoms with Crippen molar-refractivity contribution in [3.8, 4) is 5.75 Å². The topological polar surface area (TPSA) is 47.6 Å². The van der Waals surface area contributed by atoms with Crippen LogP contribution in [-0.2, 0) is 11.3 Å². The van der Waals surface area contributed by atoms with E-state index in [0.717, 1.165) is 16.9 Å². The SMILES string of the molecule is CC1NC(=O)OC1c1ccc(OCc2ccccc2)cc1. The fourth-order valence-corrected chi connectivity index (χ4v) is 2.36. The van der Waals surface area contributed by atoms with Crippen molar-refractivity contribution in [3.63, 3.8) is 0 Å². The maximum absolute atomic E-state index is 11.2. The highest BCUT2D eigenvalue weighted by atomic mass is 16.6. The first-order valence-electron chi connectivity index (χ1n) is 6.96. The number of hydrogen-bond acceptors (Lipinski definition) is 3. The molecule has 108 valence electrons. The second-order valence-electron chi connectivity index (χ2n) is 5.10. The molecule has 3 rings (SSSR count). The molecule has 0 aromatic heterocycles. The van der Waals surface area contributed by atoms with Gasteiger partial charge in [0, 0.05) is 0 Å². The fraction of sp³-hybridized carbons (Fsp3) is 0.235. The predicted molar refractivity (Wildman–Crippen MR) is 79.0 cm³/mol. The minimum atomic E-state index is -0.364. The molecular formula is C17H17NO3. The predicted octanol–water partition coefficient (Wildman–Crippen LogP) is 3.44. The first kappa shape index (κ1) is 13.5. The van der Waals surface area contributed by atoms with Gasteiger partial charge in [0.1, 0.15) is 18.5 Å². The molecule has 1 fully saturated rings. The summed E-state index contributed by atoms with van der Waals surface area (Å²) in [5, 5.41) is 2.73. The van der Waals surface area contributed by atoms with E-state index in [-0.39, 0.29) is 18.2 Å². The summed E-state index contributed by atoms with van der Waals surface area (Å²) >= 11 is 0. The van der Waals surface area contributed by atoms with Crippen molar-refractivity contribution >= 4 is 6.09 Å².